The first-order valence-corrected chi connectivity index (χ1v) is 7.52. The lowest BCUT2D eigenvalue weighted by molar-refractivity contribution is 0.102. The molecule has 0 atom stereocenters. The minimum absolute atomic E-state index is 0.197. The maximum Gasteiger partial charge on any atom is 0.255 e. The molecule has 2 N–H and O–H groups in total. The summed E-state index contributed by atoms with van der Waals surface area (Å²) < 4.78 is 0. The highest BCUT2D eigenvalue weighted by molar-refractivity contribution is 6.42. The number of halogens is 2. The Balaban J connectivity index is 1.79. The van der Waals surface area contributed by atoms with Crippen molar-refractivity contribution in [1.29, 1.82) is 0 Å². The van der Waals surface area contributed by atoms with Crippen LogP contribution in [0.1, 0.15) is 22.3 Å². The maximum absolute atomic E-state index is 12.2. The largest absolute Gasteiger partial charge is 0.385 e. The summed E-state index contributed by atoms with van der Waals surface area (Å²) in [5.74, 6) is -0.197. The van der Waals surface area contributed by atoms with E-state index in [0.29, 0.717) is 15.6 Å². The monoisotopic (exact) mass is 320 g/mol. The van der Waals surface area contributed by atoms with Crippen molar-refractivity contribution >= 4 is 40.5 Å². The second-order valence-electron chi connectivity index (χ2n) is 4.99. The molecule has 5 heteroatoms. The van der Waals surface area contributed by atoms with Crippen LogP contribution in [0.4, 0.5) is 11.4 Å². The van der Waals surface area contributed by atoms with Gasteiger partial charge in [-0.25, -0.2) is 0 Å². The lowest BCUT2D eigenvalue weighted by atomic mass is 10.0. The Morgan fingerprint density at radius 1 is 1.10 bits per heavy atom. The van der Waals surface area contributed by atoms with Crippen molar-refractivity contribution in [3.05, 3.63) is 57.6 Å². The molecule has 0 saturated carbocycles. The molecule has 0 aliphatic carbocycles. The fourth-order valence-corrected chi connectivity index (χ4v) is 2.69. The summed E-state index contributed by atoms with van der Waals surface area (Å²) in [4.78, 5) is 12.2. The van der Waals surface area contributed by atoms with E-state index in [2.05, 4.69) is 10.6 Å². The molecule has 21 heavy (non-hydrogen) atoms. The molecule has 2 aromatic carbocycles. The Hall–Kier alpha value is -1.71. The quantitative estimate of drug-likeness (QED) is 0.848. The number of benzene rings is 2. The normalized spacial score (nSPS) is 13.2. The Labute approximate surface area is 133 Å². The van der Waals surface area contributed by atoms with Gasteiger partial charge in [0.15, 0.2) is 0 Å². The van der Waals surface area contributed by atoms with Crippen molar-refractivity contribution in [2.75, 3.05) is 17.2 Å². The Morgan fingerprint density at radius 3 is 2.76 bits per heavy atom. The van der Waals surface area contributed by atoms with Gasteiger partial charge < -0.3 is 10.6 Å². The molecule has 0 bridgehead atoms. The summed E-state index contributed by atoms with van der Waals surface area (Å²) in [6, 6.07) is 10.8. The summed E-state index contributed by atoms with van der Waals surface area (Å²) in [5, 5.41) is 7.04. The zero-order chi connectivity index (χ0) is 14.8. The average molecular weight is 321 g/mol. The number of carbonyl (C=O) groups is 1. The van der Waals surface area contributed by atoms with Gasteiger partial charge in [0.25, 0.3) is 5.91 Å². The van der Waals surface area contributed by atoms with E-state index in [1.165, 1.54) is 5.56 Å². The zero-order valence-electron chi connectivity index (χ0n) is 11.2. The Kier molecular flexibility index (Phi) is 4.04. The number of aryl methyl sites for hydroxylation is 1. The molecule has 0 fully saturated rings. The zero-order valence-corrected chi connectivity index (χ0v) is 12.8. The van der Waals surface area contributed by atoms with Gasteiger partial charge in [-0.1, -0.05) is 23.2 Å². The van der Waals surface area contributed by atoms with Crippen LogP contribution in [-0.4, -0.2) is 12.5 Å². The van der Waals surface area contributed by atoms with Crippen LogP contribution < -0.4 is 10.6 Å². The second kappa shape index (κ2) is 5.96. The van der Waals surface area contributed by atoms with Gasteiger partial charge in [-0.15, -0.1) is 0 Å². The van der Waals surface area contributed by atoms with Crippen LogP contribution in [0.2, 0.25) is 10.0 Å². The molecule has 1 amide bonds. The molecular formula is C16H14Cl2N2O. The summed E-state index contributed by atoms with van der Waals surface area (Å²) in [7, 11) is 0. The smallest absolute Gasteiger partial charge is 0.255 e. The molecule has 1 aliphatic heterocycles. The number of anilines is 2. The standard InChI is InChI=1S/C16H14Cl2N2O/c17-13-5-3-11(9-14(13)18)16(21)20-12-4-6-15-10(8-12)2-1-7-19-15/h3-6,8-9,19H,1-2,7H2,(H,20,21). The van der Waals surface area contributed by atoms with Crippen LogP contribution in [0.25, 0.3) is 0 Å². The number of carbonyl (C=O) groups excluding carboxylic acids is 1. The fourth-order valence-electron chi connectivity index (χ4n) is 2.39. The predicted octanol–water partition coefficient (Wildman–Crippen LogP) is 4.60. The third-order valence-corrected chi connectivity index (χ3v) is 4.22. The van der Waals surface area contributed by atoms with Crippen molar-refractivity contribution in [1.82, 2.24) is 0 Å². The highest BCUT2D eigenvalue weighted by Crippen LogP contribution is 2.26. The highest BCUT2D eigenvalue weighted by atomic mass is 35.5. The first kappa shape index (κ1) is 14.2. The van der Waals surface area contributed by atoms with Crippen LogP contribution >= 0.6 is 23.2 Å². The van der Waals surface area contributed by atoms with E-state index in [1.807, 2.05) is 18.2 Å². The van der Waals surface area contributed by atoms with E-state index >= 15 is 0 Å². The summed E-state index contributed by atoms with van der Waals surface area (Å²) in [6.45, 7) is 1.00. The fraction of sp³-hybridized carbons (Fsp3) is 0.188. The molecule has 1 heterocycles. The van der Waals surface area contributed by atoms with Gasteiger partial charge in [0.05, 0.1) is 10.0 Å². The van der Waals surface area contributed by atoms with Crippen molar-refractivity contribution < 1.29 is 4.79 Å². The van der Waals surface area contributed by atoms with Crippen molar-refractivity contribution in [2.45, 2.75) is 12.8 Å². The predicted molar refractivity (Wildman–Crippen MR) is 87.7 cm³/mol. The first-order valence-electron chi connectivity index (χ1n) is 6.77. The van der Waals surface area contributed by atoms with Crippen molar-refractivity contribution in [2.24, 2.45) is 0 Å². The van der Waals surface area contributed by atoms with Gasteiger partial charge in [0, 0.05) is 23.5 Å². The number of hydrogen-bond donors (Lipinski definition) is 2. The number of hydrogen-bond acceptors (Lipinski definition) is 2. The van der Waals surface area contributed by atoms with Crippen LogP contribution in [0.15, 0.2) is 36.4 Å². The van der Waals surface area contributed by atoms with E-state index in [-0.39, 0.29) is 5.91 Å². The third kappa shape index (κ3) is 3.14. The number of nitrogens with one attached hydrogen (secondary N) is 2. The molecule has 0 aromatic heterocycles. The van der Waals surface area contributed by atoms with Crippen LogP contribution in [0, 0.1) is 0 Å². The molecule has 2 aromatic rings. The van der Waals surface area contributed by atoms with E-state index < -0.39 is 0 Å². The lowest BCUT2D eigenvalue weighted by Crippen LogP contribution is -2.14. The minimum Gasteiger partial charge on any atom is -0.385 e. The topological polar surface area (TPSA) is 41.1 Å². The number of amides is 1. The van der Waals surface area contributed by atoms with Crippen molar-refractivity contribution in [3.8, 4) is 0 Å². The Morgan fingerprint density at radius 2 is 1.95 bits per heavy atom. The Bertz CT molecular complexity index is 701. The highest BCUT2D eigenvalue weighted by Gasteiger charge is 2.12. The minimum atomic E-state index is -0.197. The molecule has 108 valence electrons. The summed E-state index contributed by atoms with van der Waals surface area (Å²) in [5.41, 5.74) is 3.65. The molecule has 0 radical (unpaired) electrons. The lowest BCUT2D eigenvalue weighted by Gasteiger charge is -2.18. The maximum atomic E-state index is 12.2. The van der Waals surface area contributed by atoms with E-state index in [4.69, 9.17) is 23.2 Å². The van der Waals surface area contributed by atoms with Gasteiger partial charge in [-0.3, -0.25) is 4.79 Å². The number of fused-ring (bicyclic) bond motifs is 1. The van der Waals surface area contributed by atoms with Gasteiger partial charge in [0.1, 0.15) is 0 Å². The van der Waals surface area contributed by atoms with E-state index in [9.17, 15) is 4.79 Å². The van der Waals surface area contributed by atoms with Crippen LogP contribution in [0.5, 0.6) is 0 Å². The summed E-state index contributed by atoms with van der Waals surface area (Å²) in [6.07, 6.45) is 2.13. The van der Waals surface area contributed by atoms with Gasteiger partial charge in [-0.05, 0) is 54.8 Å². The molecule has 0 saturated heterocycles. The summed E-state index contributed by atoms with van der Waals surface area (Å²) >= 11 is 11.8. The second-order valence-corrected chi connectivity index (χ2v) is 5.80. The van der Waals surface area contributed by atoms with Gasteiger partial charge >= 0.3 is 0 Å². The molecular weight excluding hydrogens is 307 g/mol. The van der Waals surface area contributed by atoms with E-state index in [0.717, 1.165) is 30.8 Å². The van der Waals surface area contributed by atoms with Crippen molar-refractivity contribution in [3.63, 3.8) is 0 Å². The van der Waals surface area contributed by atoms with Gasteiger partial charge in [-0.2, -0.15) is 0 Å². The average Bonchev–Trinajstić information content (AvgIpc) is 2.50. The SMILES string of the molecule is O=C(Nc1ccc2c(c1)CCCN2)c1ccc(Cl)c(Cl)c1. The van der Waals surface area contributed by atoms with Crippen LogP contribution in [-0.2, 0) is 6.42 Å². The number of rotatable bonds is 2. The van der Waals surface area contributed by atoms with Gasteiger partial charge in [0.2, 0.25) is 0 Å². The van der Waals surface area contributed by atoms with Crippen LogP contribution in [0.3, 0.4) is 0 Å². The molecule has 0 unspecified atom stereocenters. The molecule has 0 spiro atoms. The molecule has 1 aliphatic rings. The third-order valence-electron chi connectivity index (χ3n) is 3.48. The molecule has 3 rings (SSSR count). The molecule has 3 nitrogen and oxygen atoms in total. The first-order chi connectivity index (χ1) is 10.1. The van der Waals surface area contributed by atoms with E-state index in [1.54, 1.807) is 18.2 Å².